The molecule has 0 spiro atoms. The zero-order valence-corrected chi connectivity index (χ0v) is 9.74. The van der Waals surface area contributed by atoms with E-state index in [2.05, 4.69) is 0 Å². The summed E-state index contributed by atoms with van der Waals surface area (Å²) in [4.78, 5) is 1.80. The van der Waals surface area contributed by atoms with Crippen LogP contribution in [0.5, 0.6) is 0 Å². The minimum atomic E-state index is -0.833. The average Bonchev–Trinajstić information content (AvgIpc) is 2.38. The number of nitrogens with zero attached hydrogens (tertiary/aromatic N) is 1. The van der Waals surface area contributed by atoms with Crippen molar-refractivity contribution in [3.05, 3.63) is 30.3 Å². The molecule has 0 radical (unpaired) electrons. The highest BCUT2D eigenvalue weighted by atomic mass is 16.3. The Morgan fingerprint density at radius 2 is 1.65 bits per heavy atom. The van der Waals surface area contributed by atoms with Gasteiger partial charge >= 0.3 is 0 Å². The van der Waals surface area contributed by atoms with Gasteiger partial charge in [0.2, 0.25) is 0 Å². The van der Waals surface area contributed by atoms with Gasteiger partial charge in [-0.1, -0.05) is 18.2 Å². The Morgan fingerprint density at radius 3 is 2.18 bits per heavy atom. The molecule has 5 heteroatoms. The van der Waals surface area contributed by atoms with Crippen LogP contribution in [-0.2, 0) is 0 Å². The molecule has 0 aliphatic carbocycles. The number of anilines is 1. The lowest BCUT2D eigenvalue weighted by Gasteiger charge is -2.28. The van der Waals surface area contributed by atoms with Gasteiger partial charge in [0.1, 0.15) is 0 Å². The van der Waals surface area contributed by atoms with Gasteiger partial charge in [-0.3, -0.25) is 0 Å². The lowest BCUT2D eigenvalue weighted by molar-refractivity contribution is 0.0967. The number of nitrogens with two attached hydrogens (primary N) is 1. The van der Waals surface area contributed by atoms with Crippen LogP contribution in [0.1, 0.15) is 0 Å². The van der Waals surface area contributed by atoms with Crippen LogP contribution < -0.4 is 10.6 Å². The first-order valence-corrected chi connectivity index (χ1v) is 5.64. The van der Waals surface area contributed by atoms with E-state index in [0.29, 0.717) is 6.54 Å². The molecule has 2 atom stereocenters. The third-order valence-corrected chi connectivity index (χ3v) is 2.47. The van der Waals surface area contributed by atoms with Gasteiger partial charge in [0, 0.05) is 25.3 Å². The third kappa shape index (κ3) is 4.70. The summed E-state index contributed by atoms with van der Waals surface area (Å²) in [6.45, 7) is 0.454. The van der Waals surface area contributed by atoms with Crippen molar-refractivity contribution in [1.29, 1.82) is 0 Å². The van der Waals surface area contributed by atoms with E-state index in [1.165, 1.54) is 0 Å². The van der Waals surface area contributed by atoms with Gasteiger partial charge in [-0.15, -0.1) is 0 Å². The Hall–Kier alpha value is -1.14. The summed E-state index contributed by atoms with van der Waals surface area (Å²) in [5, 5.41) is 27.9. The number of rotatable bonds is 7. The molecule has 0 saturated heterocycles. The minimum absolute atomic E-state index is 0.165. The van der Waals surface area contributed by atoms with Crippen LogP contribution in [-0.4, -0.2) is 53.8 Å². The summed E-state index contributed by atoms with van der Waals surface area (Å²) in [5.41, 5.74) is 6.26. The molecule has 0 aromatic heterocycles. The second-order valence-electron chi connectivity index (χ2n) is 3.97. The summed E-state index contributed by atoms with van der Waals surface area (Å²) >= 11 is 0. The molecule has 5 nitrogen and oxygen atoms in total. The van der Waals surface area contributed by atoms with E-state index in [1.807, 2.05) is 30.3 Å². The Bertz CT molecular complexity index is 296. The molecule has 96 valence electrons. The second kappa shape index (κ2) is 7.24. The van der Waals surface area contributed by atoms with Crippen LogP contribution in [0, 0.1) is 0 Å². The first kappa shape index (κ1) is 13.9. The highest BCUT2D eigenvalue weighted by Crippen LogP contribution is 2.14. The van der Waals surface area contributed by atoms with E-state index < -0.39 is 12.2 Å². The maximum atomic E-state index is 9.56. The quantitative estimate of drug-likeness (QED) is 0.499. The second-order valence-corrected chi connectivity index (χ2v) is 3.97. The van der Waals surface area contributed by atoms with E-state index in [0.717, 1.165) is 5.69 Å². The van der Waals surface area contributed by atoms with Gasteiger partial charge in [-0.05, 0) is 12.1 Å². The predicted octanol–water partition coefficient (Wildman–Crippen LogP) is -0.834. The number of hydrogen-bond acceptors (Lipinski definition) is 5. The van der Waals surface area contributed by atoms with Gasteiger partial charge in [0.15, 0.2) is 0 Å². The molecule has 5 N–H and O–H groups in total. The minimum Gasteiger partial charge on any atom is -0.394 e. The number of benzene rings is 1. The number of para-hydroxylation sites is 1. The van der Waals surface area contributed by atoms with Crippen molar-refractivity contribution in [1.82, 2.24) is 0 Å². The fourth-order valence-electron chi connectivity index (χ4n) is 1.57. The van der Waals surface area contributed by atoms with Gasteiger partial charge in [-0.2, -0.15) is 0 Å². The van der Waals surface area contributed by atoms with Crippen molar-refractivity contribution in [2.75, 3.05) is 31.1 Å². The normalized spacial score (nSPS) is 14.4. The van der Waals surface area contributed by atoms with E-state index in [-0.39, 0.29) is 19.7 Å². The summed E-state index contributed by atoms with van der Waals surface area (Å²) < 4.78 is 0. The smallest absolute Gasteiger partial charge is 0.0945 e. The molecular formula is C12H20N2O3. The lowest BCUT2D eigenvalue weighted by atomic mass is 10.2. The van der Waals surface area contributed by atoms with E-state index in [9.17, 15) is 10.2 Å². The molecule has 0 amide bonds. The van der Waals surface area contributed by atoms with Crippen LogP contribution in [0.15, 0.2) is 30.3 Å². The molecule has 1 rings (SSSR count). The van der Waals surface area contributed by atoms with Crippen LogP contribution in [0.25, 0.3) is 0 Å². The molecule has 0 heterocycles. The molecule has 1 aromatic carbocycles. The summed E-state index contributed by atoms with van der Waals surface area (Å²) in [5.74, 6) is 0. The summed E-state index contributed by atoms with van der Waals surface area (Å²) in [6, 6.07) is 9.41. The maximum absolute atomic E-state index is 9.56. The van der Waals surface area contributed by atoms with Crippen molar-refractivity contribution in [3.8, 4) is 0 Å². The summed E-state index contributed by atoms with van der Waals surface area (Å²) in [6.07, 6.45) is -1.48. The van der Waals surface area contributed by atoms with Crippen molar-refractivity contribution >= 4 is 5.69 Å². The maximum Gasteiger partial charge on any atom is 0.0945 e. The first-order valence-electron chi connectivity index (χ1n) is 5.64. The predicted molar refractivity (Wildman–Crippen MR) is 66.8 cm³/mol. The largest absolute Gasteiger partial charge is 0.394 e. The Kier molecular flexibility index (Phi) is 5.93. The number of aliphatic hydroxyl groups excluding tert-OH is 3. The fraction of sp³-hybridized carbons (Fsp3) is 0.500. The van der Waals surface area contributed by atoms with E-state index in [1.54, 1.807) is 4.90 Å². The Balaban J connectivity index is 2.72. The summed E-state index contributed by atoms with van der Waals surface area (Å²) in [7, 11) is 0. The Morgan fingerprint density at radius 1 is 1.06 bits per heavy atom. The average molecular weight is 240 g/mol. The molecule has 0 saturated carbocycles. The Labute approximate surface area is 101 Å². The highest BCUT2D eigenvalue weighted by Gasteiger charge is 2.14. The van der Waals surface area contributed by atoms with Gasteiger partial charge < -0.3 is 26.0 Å². The standard InChI is InChI=1S/C12H20N2O3/c13-6-11(16)7-14(8-12(17)9-15)10-4-2-1-3-5-10/h1-5,11-12,15-17H,6-9,13H2. The monoisotopic (exact) mass is 240 g/mol. The van der Waals surface area contributed by atoms with Gasteiger partial charge in [0.25, 0.3) is 0 Å². The van der Waals surface area contributed by atoms with E-state index in [4.69, 9.17) is 10.8 Å². The molecular weight excluding hydrogens is 220 g/mol. The van der Waals surface area contributed by atoms with Crippen molar-refractivity contribution in [3.63, 3.8) is 0 Å². The zero-order valence-electron chi connectivity index (χ0n) is 9.74. The molecule has 0 bridgehead atoms. The van der Waals surface area contributed by atoms with Gasteiger partial charge in [-0.25, -0.2) is 0 Å². The number of hydrogen-bond donors (Lipinski definition) is 4. The van der Waals surface area contributed by atoms with Crippen LogP contribution in [0.3, 0.4) is 0 Å². The van der Waals surface area contributed by atoms with Crippen molar-refractivity contribution in [2.45, 2.75) is 12.2 Å². The van der Waals surface area contributed by atoms with Crippen LogP contribution in [0.2, 0.25) is 0 Å². The van der Waals surface area contributed by atoms with E-state index >= 15 is 0 Å². The van der Waals surface area contributed by atoms with Crippen LogP contribution in [0.4, 0.5) is 5.69 Å². The molecule has 1 aromatic rings. The topological polar surface area (TPSA) is 90.0 Å². The number of aliphatic hydroxyl groups is 3. The molecule has 0 aliphatic heterocycles. The molecule has 0 aliphatic rings. The van der Waals surface area contributed by atoms with Gasteiger partial charge in [0.05, 0.1) is 18.8 Å². The van der Waals surface area contributed by atoms with Crippen molar-refractivity contribution < 1.29 is 15.3 Å². The zero-order chi connectivity index (χ0) is 12.7. The first-order chi connectivity index (χ1) is 8.17. The van der Waals surface area contributed by atoms with Crippen LogP contribution >= 0.6 is 0 Å². The third-order valence-electron chi connectivity index (χ3n) is 2.47. The molecule has 0 fully saturated rings. The highest BCUT2D eigenvalue weighted by molar-refractivity contribution is 5.46. The molecule has 17 heavy (non-hydrogen) atoms. The molecule has 2 unspecified atom stereocenters. The fourth-order valence-corrected chi connectivity index (χ4v) is 1.57. The lowest BCUT2D eigenvalue weighted by Crippen LogP contribution is -2.41. The SMILES string of the molecule is NCC(O)CN(CC(O)CO)c1ccccc1. The van der Waals surface area contributed by atoms with Crippen molar-refractivity contribution in [2.24, 2.45) is 5.73 Å².